The van der Waals surface area contributed by atoms with Crippen LogP contribution in [0.5, 0.6) is 0 Å². The van der Waals surface area contributed by atoms with E-state index in [9.17, 15) is 9.18 Å². The van der Waals surface area contributed by atoms with Crippen LogP contribution in [-0.4, -0.2) is 5.91 Å². The minimum absolute atomic E-state index is 0.269. The van der Waals surface area contributed by atoms with Crippen molar-refractivity contribution < 1.29 is 13.6 Å². The molecule has 0 spiro atoms. The van der Waals surface area contributed by atoms with Crippen LogP contribution in [0.2, 0.25) is 0 Å². The van der Waals surface area contributed by atoms with E-state index in [0.717, 1.165) is 21.7 Å². The maximum Gasteiger partial charge on any atom is 0.291 e. The molecule has 1 aromatic heterocycles. The van der Waals surface area contributed by atoms with Crippen molar-refractivity contribution in [3.05, 3.63) is 77.8 Å². The molecule has 24 heavy (non-hydrogen) atoms. The van der Waals surface area contributed by atoms with Gasteiger partial charge < -0.3 is 9.73 Å². The fourth-order valence-corrected chi connectivity index (χ4v) is 2.89. The van der Waals surface area contributed by atoms with Crippen LogP contribution >= 0.6 is 0 Å². The van der Waals surface area contributed by atoms with Gasteiger partial charge in [0.2, 0.25) is 0 Å². The van der Waals surface area contributed by atoms with Gasteiger partial charge in [-0.2, -0.15) is 0 Å². The molecule has 0 bridgehead atoms. The topological polar surface area (TPSA) is 42.2 Å². The van der Waals surface area contributed by atoms with Gasteiger partial charge in [-0.25, -0.2) is 4.39 Å². The van der Waals surface area contributed by atoms with Crippen molar-refractivity contribution in [2.75, 3.05) is 5.32 Å². The molecule has 4 heteroatoms. The second-order valence-electron chi connectivity index (χ2n) is 5.68. The first kappa shape index (κ1) is 14.5. The van der Waals surface area contributed by atoms with E-state index in [1.807, 2.05) is 43.3 Å². The summed E-state index contributed by atoms with van der Waals surface area (Å²) in [5.74, 6) is -0.426. The predicted molar refractivity (Wildman–Crippen MR) is 92.8 cm³/mol. The van der Waals surface area contributed by atoms with Gasteiger partial charge >= 0.3 is 0 Å². The van der Waals surface area contributed by atoms with Crippen LogP contribution < -0.4 is 5.32 Å². The molecule has 0 aliphatic rings. The van der Waals surface area contributed by atoms with Crippen LogP contribution in [0.3, 0.4) is 0 Å². The zero-order valence-electron chi connectivity index (χ0n) is 13.0. The molecule has 0 saturated carbocycles. The molecule has 4 rings (SSSR count). The predicted octanol–water partition coefficient (Wildman–Crippen LogP) is 5.29. The first-order chi connectivity index (χ1) is 11.6. The molecule has 0 aliphatic carbocycles. The molecule has 0 saturated heterocycles. The fraction of sp³-hybridized carbons (Fsp3) is 0.0500. The quantitative estimate of drug-likeness (QED) is 0.546. The Kier molecular flexibility index (Phi) is 3.31. The van der Waals surface area contributed by atoms with Crippen LogP contribution in [0.25, 0.3) is 21.7 Å². The van der Waals surface area contributed by atoms with Crippen molar-refractivity contribution in [3.63, 3.8) is 0 Å². The van der Waals surface area contributed by atoms with Crippen molar-refractivity contribution in [1.29, 1.82) is 0 Å². The number of amides is 1. The number of aryl methyl sites for hydroxylation is 1. The molecule has 0 fully saturated rings. The standard InChI is InChI=1S/C20H14FNO2/c1-12-16-11-6-13-4-2-3-5-17(13)19(16)24-18(12)20(23)22-15-9-7-14(21)8-10-15/h2-11H,1H3,(H,22,23). The highest BCUT2D eigenvalue weighted by Crippen LogP contribution is 2.32. The van der Waals surface area contributed by atoms with Gasteiger partial charge in [0, 0.05) is 22.0 Å². The number of carbonyl (C=O) groups excluding carboxylic acids is 1. The third-order valence-electron chi connectivity index (χ3n) is 4.14. The van der Waals surface area contributed by atoms with Crippen molar-refractivity contribution in [2.45, 2.75) is 6.92 Å². The fourth-order valence-electron chi connectivity index (χ4n) is 2.89. The van der Waals surface area contributed by atoms with Gasteiger partial charge in [0.05, 0.1) is 0 Å². The molecular weight excluding hydrogens is 305 g/mol. The number of anilines is 1. The minimum atomic E-state index is -0.348. The normalized spacial score (nSPS) is 11.1. The van der Waals surface area contributed by atoms with Gasteiger partial charge in [-0.1, -0.05) is 36.4 Å². The smallest absolute Gasteiger partial charge is 0.291 e. The lowest BCUT2D eigenvalue weighted by atomic mass is 10.1. The van der Waals surface area contributed by atoms with Crippen LogP contribution in [0.4, 0.5) is 10.1 Å². The van der Waals surface area contributed by atoms with Crippen molar-refractivity contribution in [1.82, 2.24) is 0 Å². The zero-order valence-corrected chi connectivity index (χ0v) is 13.0. The molecule has 0 radical (unpaired) electrons. The largest absolute Gasteiger partial charge is 0.450 e. The lowest BCUT2D eigenvalue weighted by molar-refractivity contribution is 0.0998. The van der Waals surface area contributed by atoms with E-state index in [-0.39, 0.29) is 17.5 Å². The number of furan rings is 1. The summed E-state index contributed by atoms with van der Waals surface area (Å²) >= 11 is 0. The highest BCUT2D eigenvalue weighted by Gasteiger charge is 2.19. The number of benzene rings is 3. The van der Waals surface area contributed by atoms with Gasteiger partial charge in [0.15, 0.2) is 5.76 Å². The zero-order chi connectivity index (χ0) is 16.7. The maximum absolute atomic E-state index is 13.0. The highest BCUT2D eigenvalue weighted by molar-refractivity contribution is 6.11. The molecule has 1 heterocycles. The molecule has 4 aromatic rings. The summed E-state index contributed by atoms with van der Waals surface area (Å²) in [6.07, 6.45) is 0. The van der Waals surface area contributed by atoms with E-state index in [1.54, 1.807) is 0 Å². The Labute approximate surface area is 137 Å². The summed E-state index contributed by atoms with van der Waals surface area (Å²) in [7, 11) is 0. The second-order valence-corrected chi connectivity index (χ2v) is 5.68. The molecule has 1 N–H and O–H groups in total. The molecule has 118 valence electrons. The van der Waals surface area contributed by atoms with Gasteiger partial charge in [-0.05, 0) is 36.6 Å². The first-order valence-corrected chi connectivity index (χ1v) is 7.61. The van der Waals surface area contributed by atoms with Crippen molar-refractivity contribution in [3.8, 4) is 0 Å². The number of hydrogen-bond donors (Lipinski definition) is 1. The maximum atomic E-state index is 13.0. The summed E-state index contributed by atoms with van der Waals surface area (Å²) in [5, 5.41) is 5.68. The number of carbonyl (C=O) groups is 1. The van der Waals surface area contributed by atoms with Crippen molar-refractivity contribution >= 4 is 33.3 Å². The summed E-state index contributed by atoms with van der Waals surface area (Å²) in [4.78, 5) is 12.5. The van der Waals surface area contributed by atoms with Gasteiger partial charge in [0.25, 0.3) is 5.91 Å². The molecule has 3 nitrogen and oxygen atoms in total. The number of rotatable bonds is 2. The number of hydrogen-bond acceptors (Lipinski definition) is 2. The molecule has 0 unspecified atom stereocenters. The summed E-state index contributed by atoms with van der Waals surface area (Å²) in [5.41, 5.74) is 2.01. The van der Waals surface area contributed by atoms with Crippen LogP contribution in [0.1, 0.15) is 16.1 Å². The number of halogens is 1. The lowest BCUT2D eigenvalue weighted by Crippen LogP contribution is -2.12. The molecule has 1 amide bonds. The number of nitrogens with one attached hydrogen (secondary N) is 1. The van der Waals surface area contributed by atoms with E-state index in [4.69, 9.17) is 4.42 Å². The summed E-state index contributed by atoms with van der Waals surface area (Å²) in [6.45, 7) is 1.86. The van der Waals surface area contributed by atoms with Crippen LogP contribution in [0.15, 0.2) is 65.1 Å². The average molecular weight is 319 g/mol. The van der Waals surface area contributed by atoms with Crippen molar-refractivity contribution in [2.24, 2.45) is 0 Å². The Bertz CT molecular complexity index is 1060. The average Bonchev–Trinajstić information content (AvgIpc) is 2.94. The van der Waals surface area contributed by atoms with Crippen LogP contribution in [0, 0.1) is 12.7 Å². The number of fused-ring (bicyclic) bond motifs is 3. The Morgan fingerprint density at radius 1 is 0.958 bits per heavy atom. The third-order valence-corrected chi connectivity index (χ3v) is 4.14. The monoisotopic (exact) mass is 319 g/mol. The summed E-state index contributed by atoms with van der Waals surface area (Å²) < 4.78 is 18.9. The molecule has 3 aromatic carbocycles. The molecule has 0 atom stereocenters. The molecule has 0 aliphatic heterocycles. The Morgan fingerprint density at radius 2 is 1.71 bits per heavy atom. The van der Waals surface area contributed by atoms with E-state index in [0.29, 0.717) is 11.3 Å². The first-order valence-electron chi connectivity index (χ1n) is 7.61. The van der Waals surface area contributed by atoms with Gasteiger partial charge in [-0.3, -0.25) is 4.79 Å². The van der Waals surface area contributed by atoms with Crippen LogP contribution in [-0.2, 0) is 0 Å². The van der Waals surface area contributed by atoms with E-state index >= 15 is 0 Å². The lowest BCUT2D eigenvalue weighted by Gasteiger charge is -2.03. The summed E-state index contributed by atoms with van der Waals surface area (Å²) in [6, 6.07) is 17.5. The Balaban J connectivity index is 1.78. The van der Waals surface area contributed by atoms with Gasteiger partial charge in [0.1, 0.15) is 11.4 Å². The third kappa shape index (κ3) is 2.33. The second kappa shape index (κ2) is 5.49. The minimum Gasteiger partial charge on any atom is -0.450 e. The van der Waals surface area contributed by atoms with Gasteiger partial charge in [-0.15, -0.1) is 0 Å². The molecular formula is C20H14FNO2. The SMILES string of the molecule is Cc1c(C(=O)Nc2ccc(F)cc2)oc2c1ccc1ccccc12. The van der Waals surface area contributed by atoms with E-state index in [1.165, 1.54) is 24.3 Å². The Morgan fingerprint density at radius 3 is 2.50 bits per heavy atom. The highest BCUT2D eigenvalue weighted by atomic mass is 19.1. The Hall–Kier alpha value is -3.14. The van der Waals surface area contributed by atoms with E-state index in [2.05, 4.69) is 5.32 Å². The van der Waals surface area contributed by atoms with E-state index < -0.39 is 0 Å².